The molecule has 0 saturated carbocycles. The highest BCUT2D eigenvalue weighted by Crippen LogP contribution is 2.24. The van der Waals surface area contributed by atoms with Gasteiger partial charge in [0.2, 0.25) is 6.08 Å². The molecular weight excluding hydrogens is 162 g/mol. The van der Waals surface area contributed by atoms with E-state index in [1.165, 1.54) is 0 Å². The Hall–Kier alpha value is -0.590. The summed E-state index contributed by atoms with van der Waals surface area (Å²) in [5.41, 5.74) is 0.862. The summed E-state index contributed by atoms with van der Waals surface area (Å²) in [6.07, 6.45) is 6.38. The summed E-state index contributed by atoms with van der Waals surface area (Å²) in [5, 5.41) is 0. The highest BCUT2D eigenvalue weighted by molar-refractivity contribution is 6.18. The smallest absolute Gasteiger partial charge is 0.211 e. The highest BCUT2D eigenvalue weighted by Gasteiger charge is 2.12. The lowest BCUT2D eigenvalue weighted by molar-refractivity contribution is 0.515. The third kappa shape index (κ3) is 2.49. The van der Waals surface area contributed by atoms with Crippen LogP contribution in [0, 0.1) is 5.92 Å². The second kappa shape index (κ2) is 4.32. The molecule has 1 aliphatic rings. The van der Waals surface area contributed by atoms with Gasteiger partial charge in [-0.15, -0.1) is 11.6 Å². The molecule has 0 heterocycles. The van der Waals surface area contributed by atoms with Crippen molar-refractivity contribution in [1.29, 1.82) is 0 Å². The maximum absolute atomic E-state index is 9.87. The molecule has 0 aromatic rings. The molecule has 0 radical (unpaired) electrons. The van der Waals surface area contributed by atoms with Gasteiger partial charge in [-0.05, 0) is 25.2 Å². The number of carbonyl (C=O) groups excluding carboxylic acids is 1. The second-order valence-corrected chi connectivity index (χ2v) is 3.00. The van der Waals surface area contributed by atoms with E-state index in [-0.39, 0.29) is 0 Å². The standard InChI is InChI=1S/C8H10ClNO/c9-5-7-1-3-8(4-2-7)10-6-11/h3,7H,1-2,4-5H2. The number of nitrogens with zero attached hydrogens (tertiary/aromatic N) is 1. The molecule has 1 unspecified atom stereocenters. The van der Waals surface area contributed by atoms with Crippen molar-refractivity contribution in [2.45, 2.75) is 19.3 Å². The van der Waals surface area contributed by atoms with Gasteiger partial charge in [0.15, 0.2) is 0 Å². The number of hydrogen-bond donors (Lipinski definition) is 0. The number of isocyanates is 1. The lowest BCUT2D eigenvalue weighted by Gasteiger charge is -2.15. The molecule has 0 bridgehead atoms. The molecular formula is C8H10ClNO. The zero-order chi connectivity index (χ0) is 8.10. The first-order valence-corrected chi connectivity index (χ1v) is 4.23. The number of halogens is 1. The topological polar surface area (TPSA) is 29.4 Å². The molecule has 0 N–H and O–H groups in total. The fraction of sp³-hybridized carbons (Fsp3) is 0.625. The minimum Gasteiger partial charge on any atom is -0.211 e. The number of rotatable bonds is 2. The van der Waals surface area contributed by atoms with Crippen LogP contribution >= 0.6 is 11.6 Å². The van der Waals surface area contributed by atoms with E-state index in [1.54, 1.807) is 6.08 Å². The van der Waals surface area contributed by atoms with Gasteiger partial charge in [-0.3, -0.25) is 0 Å². The molecule has 0 spiro atoms. The molecule has 0 aromatic heterocycles. The maximum atomic E-state index is 9.87. The van der Waals surface area contributed by atoms with Gasteiger partial charge in [0.05, 0.1) is 0 Å². The predicted molar refractivity (Wildman–Crippen MR) is 44.3 cm³/mol. The van der Waals surface area contributed by atoms with Gasteiger partial charge in [0, 0.05) is 11.6 Å². The van der Waals surface area contributed by atoms with Crippen molar-refractivity contribution in [3.8, 4) is 0 Å². The van der Waals surface area contributed by atoms with Crippen LogP contribution in [0.2, 0.25) is 0 Å². The first-order valence-electron chi connectivity index (χ1n) is 3.69. The minimum atomic E-state index is 0.572. The molecule has 3 heteroatoms. The summed E-state index contributed by atoms with van der Waals surface area (Å²) in [6, 6.07) is 0. The summed E-state index contributed by atoms with van der Waals surface area (Å²) in [5.74, 6) is 1.27. The molecule has 1 aliphatic carbocycles. The summed E-state index contributed by atoms with van der Waals surface area (Å²) in [6.45, 7) is 0. The van der Waals surface area contributed by atoms with Crippen molar-refractivity contribution in [2.75, 3.05) is 5.88 Å². The van der Waals surface area contributed by atoms with Crippen molar-refractivity contribution in [1.82, 2.24) is 0 Å². The fourth-order valence-electron chi connectivity index (χ4n) is 1.17. The predicted octanol–water partition coefficient (Wildman–Crippen LogP) is 2.25. The first-order chi connectivity index (χ1) is 5.36. The van der Waals surface area contributed by atoms with Gasteiger partial charge >= 0.3 is 0 Å². The van der Waals surface area contributed by atoms with Gasteiger partial charge < -0.3 is 0 Å². The monoisotopic (exact) mass is 171 g/mol. The van der Waals surface area contributed by atoms with E-state index in [9.17, 15) is 4.79 Å². The van der Waals surface area contributed by atoms with Crippen molar-refractivity contribution < 1.29 is 4.79 Å². The molecule has 0 aromatic carbocycles. The van der Waals surface area contributed by atoms with E-state index in [4.69, 9.17) is 11.6 Å². The van der Waals surface area contributed by atoms with Gasteiger partial charge in [0.25, 0.3) is 0 Å². The van der Waals surface area contributed by atoms with Crippen LogP contribution in [0.1, 0.15) is 19.3 Å². The Morgan fingerprint density at radius 2 is 2.64 bits per heavy atom. The molecule has 1 atom stereocenters. The van der Waals surface area contributed by atoms with Crippen molar-refractivity contribution in [2.24, 2.45) is 10.9 Å². The summed E-state index contributed by atoms with van der Waals surface area (Å²) >= 11 is 5.67. The minimum absolute atomic E-state index is 0.572. The Morgan fingerprint density at radius 3 is 3.09 bits per heavy atom. The van der Waals surface area contributed by atoms with E-state index in [1.807, 2.05) is 6.08 Å². The Kier molecular flexibility index (Phi) is 3.34. The lowest BCUT2D eigenvalue weighted by atomic mass is 9.94. The van der Waals surface area contributed by atoms with Crippen LogP contribution in [0.15, 0.2) is 16.8 Å². The average Bonchev–Trinajstić information content (AvgIpc) is 2.07. The van der Waals surface area contributed by atoms with Crippen LogP contribution in [-0.2, 0) is 4.79 Å². The van der Waals surface area contributed by atoms with Crippen molar-refractivity contribution >= 4 is 17.7 Å². The third-order valence-corrected chi connectivity index (χ3v) is 2.34. The maximum Gasteiger partial charge on any atom is 0.240 e. The third-order valence-electron chi connectivity index (χ3n) is 1.90. The van der Waals surface area contributed by atoms with Gasteiger partial charge in [-0.25, -0.2) is 4.79 Å². The van der Waals surface area contributed by atoms with Gasteiger partial charge in [-0.1, -0.05) is 6.08 Å². The SMILES string of the molecule is O=C=NC1=CCC(CCl)CC1. The number of hydrogen-bond acceptors (Lipinski definition) is 2. The molecule has 0 amide bonds. The summed E-state index contributed by atoms with van der Waals surface area (Å²) < 4.78 is 0. The molecule has 11 heavy (non-hydrogen) atoms. The summed E-state index contributed by atoms with van der Waals surface area (Å²) in [4.78, 5) is 13.4. The number of alkyl halides is 1. The van der Waals surface area contributed by atoms with Crippen LogP contribution in [0.5, 0.6) is 0 Å². The Morgan fingerprint density at radius 1 is 1.82 bits per heavy atom. The molecule has 0 saturated heterocycles. The van der Waals surface area contributed by atoms with Gasteiger partial charge in [0.1, 0.15) is 0 Å². The normalized spacial score (nSPS) is 23.7. The largest absolute Gasteiger partial charge is 0.240 e. The lowest BCUT2D eigenvalue weighted by Crippen LogP contribution is -2.05. The highest BCUT2D eigenvalue weighted by atomic mass is 35.5. The second-order valence-electron chi connectivity index (χ2n) is 2.69. The van der Waals surface area contributed by atoms with E-state index in [0.29, 0.717) is 11.8 Å². The Balaban J connectivity index is 2.50. The quantitative estimate of drug-likeness (QED) is 0.356. The Labute approximate surface area is 71.0 Å². The van der Waals surface area contributed by atoms with E-state index < -0.39 is 0 Å². The molecule has 60 valence electrons. The number of allylic oxidation sites excluding steroid dienone is 2. The molecule has 1 rings (SSSR count). The molecule has 0 aliphatic heterocycles. The first kappa shape index (κ1) is 8.51. The van der Waals surface area contributed by atoms with Crippen LogP contribution in [0.3, 0.4) is 0 Å². The summed E-state index contributed by atoms with van der Waals surface area (Å²) in [7, 11) is 0. The van der Waals surface area contributed by atoms with Crippen LogP contribution in [0.25, 0.3) is 0 Å². The molecule has 2 nitrogen and oxygen atoms in total. The van der Waals surface area contributed by atoms with Crippen LogP contribution < -0.4 is 0 Å². The van der Waals surface area contributed by atoms with Crippen molar-refractivity contribution in [3.63, 3.8) is 0 Å². The van der Waals surface area contributed by atoms with Crippen LogP contribution in [-0.4, -0.2) is 12.0 Å². The van der Waals surface area contributed by atoms with Crippen molar-refractivity contribution in [3.05, 3.63) is 11.8 Å². The van der Waals surface area contributed by atoms with E-state index >= 15 is 0 Å². The number of aliphatic imine (C=N–C) groups is 1. The molecule has 0 fully saturated rings. The van der Waals surface area contributed by atoms with E-state index in [0.717, 1.165) is 25.0 Å². The zero-order valence-electron chi connectivity index (χ0n) is 6.22. The zero-order valence-corrected chi connectivity index (χ0v) is 6.97. The average molecular weight is 172 g/mol. The van der Waals surface area contributed by atoms with Gasteiger partial charge in [-0.2, -0.15) is 4.99 Å². The Bertz CT molecular complexity index is 206. The van der Waals surface area contributed by atoms with E-state index in [2.05, 4.69) is 4.99 Å². The van der Waals surface area contributed by atoms with Crippen LogP contribution in [0.4, 0.5) is 0 Å². The fourth-order valence-corrected chi connectivity index (χ4v) is 1.46.